The van der Waals surface area contributed by atoms with Gasteiger partial charge in [-0.15, -0.1) is 0 Å². The molecule has 5 heteroatoms. The standard InChI is InChI=1S/C15H21FN2O2/c1-10-8-18(9-11(2)20-10)12(3)15(19)17-14-6-4-13(16)5-7-14/h4-7,10-12H,8-9H2,1-3H3,(H,17,19)/p+1/t10-,11-,12-/m0/s1. The summed E-state index contributed by atoms with van der Waals surface area (Å²) in [5, 5.41) is 2.83. The highest BCUT2D eigenvalue weighted by atomic mass is 19.1. The average Bonchev–Trinajstić information content (AvgIpc) is 2.39. The van der Waals surface area contributed by atoms with Gasteiger partial charge in [0.15, 0.2) is 6.04 Å². The van der Waals surface area contributed by atoms with Gasteiger partial charge in [-0.3, -0.25) is 4.79 Å². The molecule has 2 N–H and O–H groups in total. The zero-order valence-corrected chi connectivity index (χ0v) is 12.2. The predicted octanol–water partition coefficient (Wildman–Crippen LogP) is 0.845. The summed E-state index contributed by atoms with van der Waals surface area (Å²) in [6.45, 7) is 7.62. The zero-order valence-electron chi connectivity index (χ0n) is 12.2. The van der Waals surface area contributed by atoms with Gasteiger partial charge in [0.25, 0.3) is 5.91 Å². The lowest BCUT2D eigenvalue weighted by atomic mass is 10.1. The topological polar surface area (TPSA) is 42.8 Å². The number of morpholine rings is 1. The minimum Gasteiger partial charge on any atom is -0.364 e. The van der Waals surface area contributed by atoms with Crippen molar-refractivity contribution < 1.29 is 18.8 Å². The Bertz CT molecular complexity index is 453. The number of carbonyl (C=O) groups excluding carboxylic acids is 1. The molecule has 1 saturated heterocycles. The molecule has 1 heterocycles. The Labute approximate surface area is 118 Å². The number of quaternary nitrogens is 1. The van der Waals surface area contributed by atoms with Crippen molar-refractivity contribution in [3.63, 3.8) is 0 Å². The molecular formula is C15H22FN2O2+. The maximum atomic E-state index is 12.8. The number of anilines is 1. The Morgan fingerprint density at radius 1 is 1.30 bits per heavy atom. The van der Waals surface area contributed by atoms with Crippen molar-refractivity contribution in [3.05, 3.63) is 30.1 Å². The maximum Gasteiger partial charge on any atom is 0.282 e. The quantitative estimate of drug-likeness (QED) is 0.862. The van der Waals surface area contributed by atoms with Crippen LogP contribution in [0, 0.1) is 5.82 Å². The predicted molar refractivity (Wildman–Crippen MR) is 75.2 cm³/mol. The third-order valence-corrected chi connectivity index (χ3v) is 3.68. The summed E-state index contributed by atoms with van der Waals surface area (Å²) in [5.41, 5.74) is 0.622. The molecule has 1 aliphatic rings. The van der Waals surface area contributed by atoms with E-state index in [1.165, 1.54) is 17.0 Å². The lowest BCUT2D eigenvalue weighted by molar-refractivity contribution is -0.928. The van der Waals surface area contributed by atoms with Gasteiger partial charge in [-0.25, -0.2) is 4.39 Å². The van der Waals surface area contributed by atoms with Gasteiger partial charge in [0, 0.05) is 5.69 Å². The van der Waals surface area contributed by atoms with Crippen LogP contribution in [0.2, 0.25) is 0 Å². The van der Waals surface area contributed by atoms with E-state index in [1.807, 2.05) is 20.8 Å². The van der Waals surface area contributed by atoms with E-state index in [9.17, 15) is 9.18 Å². The van der Waals surface area contributed by atoms with Gasteiger partial charge in [-0.1, -0.05) is 0 Å². The largest absolute Gasteiger partial charge is 0.364 e. The summed E-state index contributed by atoms with van der Waals surface area (Å²) in [6.07, 6.45) is 0.324. The van der Waals surface area contributed by atoms with Crippen LogP contribution in [0.15, 0.2) is 24.3 Å². The third kappa shape index (κ3) is 3.77. The number of carbonyl (C=O) groups is 1. The molecule has 1 amide bonds. The van der Waals surface area contributed by atoms with Gasteiger partial charge in [0.05, 0.1) is 0 Å². The maximum absolute atomic E-state index is 12.8. The molecule has 1 fully saturated rings. The van der Waals surface area contributed by atoms with Crippen LogP contribution in [-0.2, 0) is 9.53 Å². The second kappa shape index (κ2) is 6.33. The lowest BCUT2D eigenvalue weighted by Crippen LogP contribution is -3.19. The van der Waals surface area contributed by atoms with Gasteiger partial charge in [-0.05, 0) is 45.0 Å². The summed E-state index contributed by atoms with van der Waals surface area (Å²) >= 11 is 0. The van der Waals surface area contributed by atoms with Crippen LogP contribution in [0.1, 0.15) is 20.8 Å². The number of nitrogens with one attached hydrogen (secondary N) is 2. The van der Waals surface area contributed by atoms with E-state index in [2.05, 4.69) is 5.32 Å². The van der Waals surface area contributed by atoms with Crippen molar-refractivity contribution in [1.82, 2.24) is 0 Å². The molecule has 0 unspecified atom stereocenters. The minimum atomic E-state index is -0.308. The van der Waals surface area contributed by atoms with E-state index < -0.39 is 0 Å². The highest BCUT2D eigenvalue weighted by molar-refractivity contribution is 5.93. The van der Waals surface area contributed by atoms with Gasteiger partial charge in [0.2, 0.25) is 0 Å². The van der Waals surface area contributed by atoms with Crippen LogP contribution in [0.3, 0.4) is 0 Å². The molecule has 4 nitrogen and oxygen atoms in total. The Balaban J connectivity index is 1.96. The molecule has 0 aromatic heterocycles. The molecule has 0 radical (unpaired) electrons. The molecule has 110 valence electrons. The number of hydrogen-bond donors (Lipinski definition) is 2. The van der Waals surface area contributed by atoms with E-state index in [0.29, 0.717) is 5.69 Å². The first kappa shape index (κ1) is 14.9. The molecule has 0 bridgehead atoms. The Hall–Kier alpha value is -1.46. The second-order valence-corrected chi connectivity index (χ2v) is 5.54. The summed E-state index contributed by atoms with van der Waals surface area (Å²) in [6, 6.07) is 5.66. The van der Waals surface area contributed by atoms with Crippen molar-refractivity contribution in [2.24, 2.45) is 0 Å². The summed E-state index contributed by atoms with van der Waals surface area (Å²) in [7, 11) is 0. The zero-order chi connectivity index (χ0) is 14.7. The number of rotatable bonds is 3. The van der Waals surface area contributed by atoms with Crippen LogP contribution in [-0.4, -0.2) is 37.2 Å². The second-order valence-electron chi connectivity index (χ2n) is 5.54. The van der Waals surface area contributed by atoms with Gasteiger partial charge >= 0.3 is 0 Å². The Kier molecular flexibility index (Phi) is 4.73. The molecule has 0 aliphatic carbocycles. The van der Waals surface area contributed by atoms with Crippen LogP contribution in [0.4, 0.5) is 10.1 Å². The van der Waals surface area contributed by atoms with Crippen molar-refractivity contribution in [1.29, 1.82) is 0 Å². The first-order valence-corrected chi connectivity index (χ1v) is 7.02. The van der Waals surface area contributed by atoms with Crippen molar-refractivity contribution in [3.8, 4) is 0 Å². The molecule has 20 heavy (non-hydrogen) atoms. The number of benzene rings is 1. The fourth-order valence-corrected chi connectivity index (χ4v) is 2.64. The average molecular weight is 281 g/mol. The van der Waals surface area contributed by atoms with Gasteiger partial charge in [-0.2, -0.15) is 0 Å². The van der Waals surface area contributed by atoms with Crippen LogP contribution >= 0.6 is 0 Å². The summed E-state index contributed by atoms with van der Waals surface area (Å²) in [4.78, 5) is 13.5. The van der Waals surface area contributed by atoms with Crippen molar-refractivity contribution in [2.75, 3.05) is 18.4 Å². The SMILES string of the molecule is C[C@H]1C[NH+]([C@@H](C)C(=O)Nc2ccc(F)cc2)C[C@H](C)O1. The monoisotopic (exact) mass is 281 g/mol. The lowest BCUT2D eigenvalue weighted by Gasteiger charge is -2.35. The van der Waals surface area contributed by atoms with Crippen LogP contribution < -0.4 is 10.2 Å². The minimum absolute atomic E-state index is 0.0482. The van der Waals surface area contributed by atoms with E-state index in [0.717, 1.165) is 13.1 Å². The fourth-order valence-electron chi connectivity index (χ4n) is 2.64. The van der Waals surface area contributed by atoms with Crippen molar-refractivity contribution >= 4 is 11.6 Å². The highest BCUT2D eigenvalue weighted by Crippen LogP contribution is 2.08. The van der Waals surface area contributed by atoms with Crippen molar-refractivity contribution in [2.45, 2.75) is 39.0 Å². The summed E-state index contributed by atoms with van der Waals surface area (Å²) < 4.78 is 18.5. The first-order chi connectivity index (χ1) is 9.45. The summed E-state index contributed by atoms with van der Waals surface area (Å²) in [5.74, 6) is -0.356. The molecule has 3 atom stereocenters. The smallest absolute Gasteiger partial charge is 0.282 e. The fraction of sp³-hybridized carbons (Fsp3) is 0.533. The van der Waals surface area contributed by atoms with E-state index in [-0.39, 0.29) is 30.0 Å². The number of ether oxygens (including phenoxy) is 1. The number of amides is 1. The molecule has 0 spiro atoms. The number of halogens is 1. The Morgan fingerprint density at radius 2 is 1.85 bits per heavy atom. The molecular weight excluding hydrogens is 259 g/mol. The molecule has 1 aromatic carbocycles. The molecule has 1 aromatic rings. The van der Waals surface area contributed by atoms with E-state index >= 15 is 0 Å². The van der Waals surface area contributed by atoms with E-state index in [4.69, 9.17) is 4.74 Å². The Morgan fingerprint density at radius 3 is 2.40 bits per heavy atom. The van der Waals surface area contributed by atoms with Gasteiger partial charge in [0.1, 0.15) is 31.1 Å². The normalized spacial score (nSPS) is 27.9. The molecule has 0 saturated carbocycles. The highest BCUT2D eigenvalue weighted by Gasteiger charge is 2.32. The first-order valence-electron chi connectivity index (χ1n) is 7.02. The van der Waals surface area contributed by atoms with E-state index in [1.54, 1.807) is 12.1 Å². The third-order valence-electron chi connectivity index (χ3n) is 3.68. The van der Waals surface area contributed by atoms with Crippen LogP contribution in [0.5, 0.6) is 0 Å². The number of hydrogen-bond acceptors (Lipinski definition) is 2. The molecule has 1 aliphatic heterocycles. The molecule has 2 rings (SSSR count). The van der Waals surface area contributed by atoms with Crippen LogP contribution in [0.25, 0.3) is 0 Å². The van der Waals surface area contributed by atoms with Gasteiger partial charge < -0.3 is 15.0 Å².